The first kappa shape index (κ1) is 11.9. The highest BCUT2D eigenvalue weighted by atomic mass is 16.5. The number of carbonyl (C=O) groups is 1. The maximum absolute atomic E-state index is 11.3. The maximum atomic E-state index is 11.3. The number of ketones is 1. The summed E-state index contributed by atoms with van der Waals surface area (Å²) in [5.74, 6) is 0.887. The summed E-state index contributed by atoms with van der Waals surface area (Å²) >= 11 is 0. The van der Waals surface area contributed by atoms with E-state index < -0.39 is 0 Å². The van der Waals surface area contributed by atoms with Gasteiger partial charge in [-0.25, -0.2) is 0 Å². The molecule has 0 aromatic heterocycles. The van der Waals surface area contributed by atoms with Gasteiger partial charge in [0.25, 0.3) is 0 Å². The van der Waals surface area contributed by atoms with E-state index in [1.54, 1.807) is 14.0 Å². The van der Waals surface area contributed by atoms with Crippen molar-refractivity contribution in [2.24, 2.45) is 0 Å². The van der Waals surface area contributed by atoms with Crippen molar-refractivity contribution in [3.63, 3.8) is 0 Å². The number of hydrogen-bond donors (Lipinski definition) is 0. The summed E-state index contributed by atoms with van der Waals surface area (Å²) in [6.07, 6.45) is 7.05. The quantitative estimate of drug-likeness (QED) is 0.737. The Morgan fingerprint density at radius 3 is 2.71 bits per heavy atom. The van der Waals surface area contributed by atoms with Crippen LogP contribution in [-0.4, -0.2) is 12.9 Å². The molecule has 0 unspecified atom stereocenters. The number of methoxy groups -OCH3 is 1. The first-order valence-corrected chi connectivity index (χ1v) is 6.11. The first-order valence-electron chi connectivity index (χ1n) is 6.11. The number of hydrogen-bond acceptors (Lipinski definition) is 2. The van der Waals surface area contributed by atoms with E-state index in [1.165, 1.54) is 18.4 Å². The summed E-state index contributed by atoms with van der Waals surface area (Å²) < 4.78 is 5.40. The highest BCUT2D eigenvalue weighted by molar-refractivity contribution is 5.95. The van der Waals surface area contributed by atoms with Gasteiger partial charge < -0.3 is 4.74 Å². The molecule has 2 rings (SSSR count). The summed E-state index contributed by atoms with van der Waals surface area (Å²) in [6, 6.07) is 5.73. The van der Waals surface area contributed by atoms with Crippen LogP contribution in [0.4, 0.5) is 0 Å². The molecule has 90 valence electrons. The molecule has 1 aromatic rings. The molecular weight excluding hydrogens is 212 g/mol. The van der Waals surface area contributed by atoms with Crippen LogP contribution in [-0.2, 0) is 0 Å². The summed E-state index contributed by atoms with van der Waals surface area (Å²) in [4.78, 5) is 11.3. The molecule has 0 spiro atoms. The number of benzene rings is 1. The van der Waals surface area contributed by atoms with Gasteiger partial charge in [0.05, 0.1) is 7.11 Å². The Balaban J connectivity index is 2.40. The Morgan fingerprint density at radius 2 is 2.12 bits per heavy atom. The molecule has 2 nitrogen and oxygen atoms in total. The van der Waals surface area contributed by atoms with E-state index in [4.69, 9.17) is 4.74 Å². The molecule has 0 heterocycles. The molecule has 1 aromatic carbocycles. The predicted molar refractivity (Wildman–Crippen MR) is 69.4 cm³/mol. The molecule has 0 N–H and O–H groups in total. The van der Waals surface area contributed by atoms with Crippen molar-refractivity contribution in [1.82, 2.24) is 0 Å². The fourth-order valence-electron chi connectivity index (χ4n) is 2.26. The summed E-state index contributed by atoms with van der Waals surface area (Å²) in [6.45, 7) is 1.58. The maximum Gasteiger partial charge on any atom is 0.159 e. The lowest BCUT2D eigenvalue weighted by molar-refractivity contribution is 0.101. The van der Waals surface area contributed by atoms with Crippen molar-refractivity contribution < 1.29 is 9.53 Å². The molecular formula is C15H18O2. The average Bonchev–Trinajstić information content (AvgIpc) is 2.39. The van der Waals surface area contributed by atoms with E-state index in [0.29, 0.717) is 5.56 Å². The fourth-order valence-corrected chi connectivity index (χ4v) is 2.26. The van der Waals surface area contributed by atoms with Gasteiger partial charge in [-0.05, 0) is 44.2 Å². The second-order valence-electron chi connectivity index (χ2n) is 4.45. The van der Waals surface area contributed by atoms with Crippen molar-refractivity contribution in [1.29, 1.82) is 0 Å². The van der Waals surface area contributed by atoms with E-state index in [2.05, 4.69) is 6.08 Å². The van der Waals surface area contributed by atoms with Gasteiger partial charge in [0.1, 0.15) is 5.75 Å². The Bertz CT molecular complexity index is 458. The van der Waals surface area contributed by atoms with Crippen LogP contribution in [0.5, 0.6) is 5.75 Å². The van der Waals surface area contributed by atoms with Gasteiger partial charge in [0.15, 0.2) is 5.78 Å². The van der Waals surface area contributed by atoms with Crippen molar-refractivity contribution in [3.8, 4) is 5.75 Å². The van der Waals surface area contributed by atoms with Crippen LogP contribution in [0, 0.1) is 0 Å². The third-order valence-electron chi connectivity index (χ3n) is 3.24. The largest absolute Gasteiger partial charge is 0.496 e. The molecule has 17 heavy (non-hydrogen) atoms. The van der Waals surface area contributed by atoms with Gasteiger partial charge in [0.2, 0.25) is 0 Å². The molecule has 0 saturated carbocycles. The minimum Gasteiger partial charge on any atom is -0.496 e. The second-order valence-corrected chi connectivity index (χ2v) is 4.45. The average molecular weight is 230 g/mol. The zero-order valence-electron chi connectivity index (χ0n) is 10.5. The summed E-state index contributed by atoms with van der Waals surface area (Å²) in [7, 11) is 1.66. The van der Waals surface area contributed by atoms with Crippen LogP contribution in [0.25, 0.3) is 5.57 Å². The number of Topliss-reactive ketones (excluding diaryl/α,β-unsaturated/α-hetero) is 1. The van der Waals surface area contributed by atoms with Gasteiger partial charge in [-0.2, -0.15) is 0 Å². The highest BCUT2D eigenvalue weighted by Gasteiger charge is 2.12. The van der Waals surface area contributed by atoms with Crippen molar-refractivity contribution in [3.05, 3.63) is 35.4 Å². The van der Waals surface area contributed by atoms with Gasteiger partial charge >= 0.3 is 0 Å². The van der Waals surface area contributed by atoms with E-state index in [0.717, 1.165) is 24.2 Å². The Morgan fingerprint density at radius 1 is 1.29 bits per heavy atom. The van der Waals surface area contributed by atoms with Gasteiger partial charge in [-0.3, -0.25) is 4.79 Å². The molecule has 1 aliphatic rings. The molecule has 0 radical (unpaired) electrons. The minimum atomic E-state index is 0.0764. The first-order chi connectivity index (χ1) is 8.22. The topological polar surface area (TPSA) is 26.3 Å². The predicted octanol–water partition coefficient (Wildman–Crippen LogP) is 3.86. The molecule has 0 amide bonds. The van der Waals surface area contributed by atoms with Crippen molar-refractivity contribution >= 4 is 11.4 Å². The monoisotopic (exact) mass is 230 g/mol. The molecule has 0 atom stereocenters. The van der Waals surface area contributed by atoms with Crippen LogP contribution in [0.1, 0.15) is 48.5 Å². The zero-order chi connectivity index (χ0) is 12.3. The lowest BCUT2D eigenvalue weighted by Crippen LogP contribution is -1.99. The SMILES string of the molecule is COc1cc(C(C)=O)ccc1C1=CCCCC1. The summed E-state index contributed by atoms with van der Waals surface area (Å²) in [5, 5.41) is 0. The Hall–Kier alpha value is -1.57. The van der Waals surface area contributed by atoms with Gasteiger partial charge in [-0.1, -0.05) is 18.2 Å². The van der Waals surface area contributed by atoms with E-state index in [-0.39, 0.29) is 5.78 Å². The number of carbonyl (C=O) groups excluding carboxylic acids is 1. The molecule has 0 bridgehead atoms. The Labute approximate surface area is 102 Å². The number of rotatable bonds is 3. The number of ether oxygens (including phenoxy) is 1. The van der Waals surface area contributed by atoms with E-state index in [1.807, 2.05) is 18.2 Å². The molecule has 0 aliphatic heterocycles. The summed E-state index contributed by atoms with van der Waals surface area (Å²) in [5.41, 5.74) is 3.20. The molecule has 2 heteroatoms. The molecule has 0 fully saturated rings. The van der Waals surface area contributed by atoms with Gasteiger partial charge in [-0.15, -0.1) is 0 Å². The fraction of sp³-hybridized carbons (Fsp3) is 0.400. The van der Waals surface area contributed by atoms with Crippen LogP contribution in [0.15, 0.2) is 24.3 Å². The third-order valence-corrected chi connectivity index (χ3v) is 3.24. The van der Waals surface area contributed by atoms with E-state index >= 15 is 0 Å². The van der Waals surface area contributed by atoms with Gasteiger partial charge in [0, 0.05) is 11.1 Å². The normalized spacial score (nSPS) is 15.3. The number of allylic oxidation sites excluding steroid dienone is 2. The Kier molecular flexibility index (Phi) is 3.62. The van der Waals surface area contributed by atoms with Crippen LogP contribution >= 0.6 is 0 Å². The van der Waals surface area contributed by atoms with Crippen LogP contribution < -0.4 is 4.74 Å². The smallest absolute Gasteiger partial charge is 0.159 e. The third kappa shape index (κ3) is 2.57. The lowest BCUT2D eigenvalue weighted by Gasteiger charge is -2.16. The molecule has 0 saturated heterocycles. The highest BCUT2D eigenvalue weighted by Crippen LogP contribution is 2.33. The standard InChI is InChI=1S/C15H18O2/c1-11(16)13-8-9-14(15(10-13)17-2)12-6-4-3-5-7-12/h6,8-10H,3-5,7H2,1-2H3. The second kappa shape index (κ2) is 5.17. The van der Waals surface area contributed by atoms with Crippen LogP contribution in [0.3, 0.4) is 0 Å². The van der Waals surface area contributed by atoms with Crippen molar-refractivity contribution in [2.45, 2.75) is 32.6 Å². The van der Waals surface area contributed by atoms with Crippen molar-refractivity contribution in [2.75, 3.05) is 7.11 Å². The molecule has 1 aliphatic carbocycles. The minimum absolute atomic E-state index is 0.0764. The van der Waals surface area contributed by atoms with Crippen LogP contribution in [0.2, 0.25) is 0 Å². The van der Waals surface area contributed by atoms with E-state index in [9.17, 15) is 4.79 Å². The lowest BCUT2D eigenvalue weighted by atomic mass is 9.92. The zero-order valence-corrected chi connectivity index (χ0v) is 10.5.